The van der Waals surface area contributed by atoms with E-state index in [0.29, 0.717) is 27.6 Å². The molecule has 0 aliphatic heterocycles. The smallest absolute Gasteiger partial charge is 0.336 e. The average Bonchev–Trinajstić information content (AvgIpc) is 3.09. The fourth-order valence-electron chi connectivity index (χ4n) is 2.90. The highest BCUT2D eigenvalue weighted by Crippen LogP contribution is 2.26. The first-order chi connectivity index (χ1) is 12.6. The standard InChI is InChI=1S/C18H14N4O3S/c1-21-16(23)11-6-2-4-8-13(11)22-15(19-20-18(21)22)10-26-14-9-5-3-7-12(14)17(24)25/h2-9H,10H2,1H3,(H,24,25). The molecule has 0 atom stereocenters. The van der Waals surface area contributed by atoms with Crippen LogP contribution in [0.3, 0.4) is 0 Å². The van der Waals surface area contributed by atoms with E-state index in [4.69, 9.17) is 0 Å². The van der Waals surface area contributed by atoms with Crippen LogP contribution in [-0.2, 0) is 12.8 Å². The fraction of sp³-hybridized carbons (Fsp3) is 0.111. The Morgan fingerprint density at radius 1 is 1.12 bits per heavy atom. The number of aromatic carboxylic acids is 1. The molecule has 0 spiro atoms. The molecule has 2 aromatic heterocycles. The summed E-state index contributed by atoms with van der Waals surface area (Å²) in [6, 6.07) is 14.1. The largest absolute Gasteiger partial charge is 0.478 e. The molecular formula is C18H14N4O3S. The van der Waals surface area contributed by atoms with Crippen molar-refractivity contribution in [1.29, 1.82) is 0 Å². The molecule has 0 fully saturated rings. The third kappa shape index (κ3) is 2.55. The molecule has 0 saturated carbocycles. The Morgan fingerprint density at radius 2 is 1.85 bits per heavy atom. The zero-order valence-corrected chi connectivity index (χ0v) is 14.6. The van der Waals surface area contributed by atoms with Crippen molar-refractivity contribution in [2.75, 3.05) is 0 Å². The Balaban J connectivity index is 1.82. The van der Waals surface area contributed by atoms with Crippen molar-refractivity contribution in [3.8, 4) is 0 Å². The van der Waals surface area contributed by atoms with Gasteiger partial charge in [0.15, 0.2) is 0 Å². The number of hydrogen-bond donors (Lipinski definition) is 1. The molecule has 26 heavy (non-hydrogen) atoms. The minimum Gasteiger partial charge on any atom is -0.478 e. The molecule has 8 heteroatoms. The van der Waals surface area contributed by atoms with Gasteiger partial charge in [-0.1, -0.05) is 24.3 Å². The second-order valence-electron chi connectivity index (χ2n) is 5.72. The molecule has 0 radical (unpaired) electrons. The van der Waals surface area contributed by atoms with Crippen LogP contribution in [0, 0.1) is 0 Å². The summed E-state index contributed by atoms with van der Waals surface area (Å²) in [6.45, 7) is 0. The molecule has 1 N–H and O–H groups in total. The Morgan fingerprint density at radius 3 is 2.65 bits per heavy atom. The number of aromatic nitrogens is 4. The topological polar surface area (TPSA) is 89.5 Å². The average molecular weight is 366 g/mol. The Bertz CT molecular complexity index is 1210. The van der Waals surface area contributed by atoms with Crippen molar-refractivity contribution in [2.45, 2.75) is 10.6 Å². The second kappa shape index (κ2) is 6.30. The van der Waals surface area contributed by atoms with Gasteiger partial charge in [-0.15, -0.1) is 22.0 Å². The lowest BCUT2D eigenvalue weighted by Crippen LogP contribution is -2.20. The van der Waals surface area contributed by atoms with E-state index in [9.17, 15) is 14.7 Å². The van der Waals surface area contributed by atoms with Crippen molar-refractivity contribution in [3.05, 3.63) is 70.3 Å². The monoisotopic (exact) mass is 366 g/mol. The number of hydrogen-bond acceptors (Lipinski definition) is 5. The van der Waals surface area contributed by atoms with Crippen molar-refractivity contribution in [2.24, 2.45) is 7.05 Å². The zero-order valence-electron chi connectivity index (χ0n) is 13.8. The first-order valence-electron chi connectivity index (χ1n) is 7.85. The molecule has 0 amide bonds. The number of benzene rings is 2. The number of nitrogens with zero attached hydrogens (tertiary/aromatic N) is 4. The van der Waals surface area contributed by atoms with Crippen molar-refractivity contribution in [1.82, 2.24) is 19.2 Å². The number of para-hydroxylation sites is 1. The molecule has 4 rings (SSSR count). The van der Waals surface area contributed by atoms with Crippen LogP contribution in [0.25, 0.3) is 16.7 Å². The van der Waals surface area contributed by atoms with Crippen molar-refractivity contribution in [3.63, 3.8) is 0 Å². The van der Waals surface area contributed by atoms with Gasteiger partial charge in [-0.25, -0.2) is 4.79 Å². The summed E-state index contributed by atoms with van der Waals surface area (Å²) in [7, 11) is 1.66. The van der Waals surface area contributed by atoms with Crippen LogP contribution in [0.4, 0.5) is 0 Å². The summed E-state index contributed by atoms with van der Waals surface area (Å²) in [5.41, 5.74) is 0.859. The molecule has 0 bridgehead atoms. The van der Waals surface area contributed by atoms with Gasteiger partial charge in [-0.2, -0.15) is 0 Å². The highest BCUT2D eigenvalue weighted by Gasteiger charge is 2.16. The molecule has 130 valence electrons. The van der Waals surface area contributed by atoms with Gasteiger partial charge < -0.3 is 5.11 Å². The highest BCUT2D eigenvalue weighted by atomic mass is 32.2. The van der Waals surface area contributed by atoms with Gasteiger partial charge in [0, 0.05) is 11.9 Å². The first kappa shape index (κ1) is 16.3. The zero-order chi connectivity index (χ0) is 18.3. The Labute approximate surface area is 151 Å². The third-order valence-electron chi connectivity index (χ3n) is 4.17. The third-order valence-corrected chi connectivity index (χ3v) is 5.24. The number of carboxylic acid groups (broad SMARTS) is 1. The van der Waals surface area contributed by atoms with Crippen LogP contribution in [0.15, 0.2) is 58.2 Å². The van der Waals surface area contributed by atoms with Gasteiger partial charge in [0.2, 0.25) is 5.78 Å². The van der Waals surface area contributed by atoms with E-state index < -0.39 is 5.97 Å². The van der Waals surface area contributed by atoms with Crippen LogP contribution in [0.2, 0.25) is 0 Å². The van der Waals surface area contributed by atoms with Gasteiger partial charge in [0.25, 0.3) is 5.56 Å². The Hall–Kier alpha value is -3.13. The Kier molecular flexibility index (Phi) is 3.96. The number of thioether (sulfide) groups is 1. The van der Waals surface area contributed by atoms with E-state index >= 15 is 0 Å². The molecule has 2 heterocycles. The quantitative estimate of drug-likeness (QED) is 0.559. The van der Waals surface area contributed by atoms with Crippen LogP contribution in [-0.4, -0.2) is 30.2 Å². The van der Waals surface area contributed by atoms with Gasteiger partial charge in [-0.3, -0.25) is 13.8 Å². The maximum absolute atomic E-state index is 12.5. The summed E-state index contributed by atoms with van der Waals surface area (Å²) in [5.74, 6) is 0.563. The predicted octanol–water partition coefficient (Wildman–Crippen LogP) is 2.57. The summed E-state index contributed by atoms with van der Waals surface area (Å²) in [6.07, 6.45) is 0. The molecule has 2 aromatic carbocycles. The van der Waals surface area contributed by atoms with Crippen molar-refractivity contribution < 1.29 is 9.90 Å². The summed E-state index contributed by atoms with van der Waals surface area (Å²) in [4.78, 5) is 24.5. The van der Waals surface area contributed by atoms with E-state index in [1.54, 1.807) is 37.4 Å². The first-order valence-corrected chi connectivity index (χ1v) is 8.83. The molecule has 7 nitrogen and oxygen atoms in total. The summed E-state index contributed by atoms with van der Waals surface area (Å²) in [5, 5.41) is 18.3. The van der Waals surface area contributed by atoms with E-state index in [-0.39, 0.29) is 11.1 Å². The lowest BCUT2D eigenvalue weighted by atomic mass is 10.2. The number of aryl methyl sites for hydroxylation is 1. The van der Waals surface area contributed by atoms with E-state index in [2.05, 4.69) is 10.2 Å². The van der Waals surface area contributed by atoms with E-state index in [0.717, 1.165) is 5.52 Å². The number of fused-ring (bicyclic) bond motifs is 3. The molecule has 0 aliphatic rings. The number of carboxylic acids is 1. The second-order valence-corrected chi connectivity index (χ2v) is 6.74. The summed E-state index contributed by atoms with van der Waals surface area (Å²) < 4.78 is 3.31. The summed E-state index contributed by atoms with van der Waals surface area (Å²) >= 11 is 1.38. The van der Waals surface area contributed by atoms with Gasteiger partial charge in [0.1, 0.15) is 5.82 Å². The lowest BCUT2D eigenvalue weighted by Gasteiger charge is -2.08. The molecular weight excluding hydrogens is 352 g/mol. The minimum absolute atomic E-state index is 0.129. The maximum atomic E-state index is 12.5. The van der Waals surface area contributed by atoms with E-state index in [1.165, 1.54) is 16.3 Å². The molecule has 4 aromatic rings. The van der Waals surface area contributed by atoms with E-state index in [1.807, 2.05) is 22.6 Å². The highest BCUT2D eigenvalue weighted by molar-refractivity contribution is 7.98. The van der Waals surface area contributed by atoms with Crippen LogP contribution in [0.5, 0.6) is 0 Å². The lowest BCUT2D eigenvalue weighted by molar-refractivity contribution is 0.0693. The number of carbonyl (C=O) groups is 1. The SMILES string of the molecule is Cn1c(=O)c2ccccc2n2c(CSc3ccccc3C(=O)O)nnc12. The van der Waals surface area contributed by atoms with Crippen LogP contribution >= 0.6 is 11.8 Å². The number of rotatable bonds is 4. The predicted molar refractivity (Wildman–Crippen MR) is 98.7 cm³/mol. The van der Waals surface area contributed by atoms with Crippen molar-refractivity contribution >= 4 is 34.4 Å². The van der Waals surface area contributed by atoms with Gasteiger partial charge in [-0.05, 0) is 24.3 Å². The maximum Gasteiger partial charge on any atom is 0.336 e. The van der Waals surface area contributed by atoms with Crippen LogP contribution < -0.4 is 5.56 Å². The molecule has 0 saturated heterocycles. The molecule has 0 unspecified atom stereocenters. The molecule has 0 aliphatic carbocycles. The van der Waals surface area contributed by atoms with Gasteiger partial charge >= 0.3 is 5.97 Å². The minimum atomic E-state index is -0.966. The fourth-order valence-corrected chi connectivity index (χ4v) is 3.85. The van der Waals surface area contributed by atoms with Gasteiger partial charge in [0.05, 0.1) is 22.2 Å². The van der Waals surface area contributed by atoms with Crippen LogP contribution in [0.1, 0.15) is 16.2 Å². The normalized spacial score (nSPS) is 11.3.